The van der Waals surface area contributed by atoms with Gasteiger partial charge in [0.15, 0.2) is 0 Å². The smallest absolute Gasteiger partial charge is 0.238 e. The van der Waals surface area contributed by atoms with E-state index in [9.17, 15) is 13.2 Å². The van der Waals surface area contributed by atoms with Crippen LogP contribution in [0.15, 0.2) is 37.1 Å². The second kappa shape index (κ2) is 7.56. The Bertz CT molecular complexity index is 640. The fourth-order valence-corrected chi connectivity index (χ4v) is 3.16. The molecule has 0 spiro atoms. The minimum Gasteiger partial charge on any atom is -0.353 e. The molecular weight excluding hydrogens is 316 g/mol. The summed E-state index contributed by atoms with van der Waals surface area (Å²) in [6.45, 7) is 6.01. The van der Waals surface area contributed by atoms with Gasteiger partial charge in [-0.1, -0.05) is 12.1 Å². The van der Waals surface area contributed by atoms with Gasteiger partial charge in [0, 0.05) is 38.9 Å². The number of carbonyl (C=O) groups excluding carboxylic acids is 1. The first-order chi connectivity index (χ1) is 10.9. The van der Waals surface area contributed by atoms with Crippen LogP contribution in [0.2, 0.25) is 0 Å². The van der Waals surface area contributed by atoms with Crippen LogP contribution in [0.25, 0.3) is 0 Å². The molecule has 1 aliphatic rings. The quantitative estimate of drug-likeness (QED) is 0.692. The fourth-order valence-electron chi connectivity index (χ4n) is 2.44. The molecule has 1 aromatic heterocycles. The molecule has 23 heavy (non-hydrogen) atoms. The number of hydrogen-bond donors (Lipinski definition) is 0. The summed E-state index contributed by atoms with van der Waals surface area (Å²) >= 11 is 0. The third-order valence-electron chi connectivity index (χ3n) is 3.72. The number of nitrogens with zero attached hydrogens (tertiary/aromatic N) is 4. The molecule has 1 saturated heterocycles. The van der Waals surface area contributed by atoms with Crippen LogP contribution in [0.3, 0.4) is 0 Å². The average Bonchev–Trinajstić information content (AvgIpc) is 2.54. The van der Waals surface area contributed by atoms with Crippen molar-refractivity contribution in [2.45, 2.75) is 0 Å². The van der Waals surface area contributed by atoms with Crippen molar-refractivity contribution < 1.29 is 13.2 Å². The second-order valence-electron chi connectivity index (χ2n) is 5.40. The summed E-state index contributed by atoms with van der Waals surface area (Å²) in [5, 5.41) is 0. The topological polar surface area (TPSA) is 73.8 Å². The van der Waals surface area contributed by atoms with E-state index in [0.29, 0.717) is 26.2 Å². The van der Waals surface area contributed by atoms with Crippen LogP contribution < -0.4 is 4.90 Å². The molecule has 1 amide bonds. The van der Waals surface area contributed by atoms with Crippen LogP contribution in [0, 0.1) is 0 Å². The summed E-state index contributed by atoms with van der Waals surface area (Å²) < 4.78 is 24.5. The average molecular weight is 338 g/mol. The fraction of sp³-hybridized carbons (Fsp3) is 0.467. The molecule has 0 atom stereocenters. The zero-order chi connectivity index (χ0) is 16.9. The second-order valence-corrected chi connectivity index (χ2v) is 7.38. The van der Waals surface area contributed by atoms with E-state index in [1.807, 2.05) is 18.2 Å². The molecule has 0 saturated carbocycles. The first kappa shape index (κ1) is 17.4. The first-order valence-electron chi connectivity index (χ1n) is 7.41. The molecule has 0 N–H and O–H groups in total. The van der Waals surface area contributed by atoms with E-state index in [0.717, 1.165) is 16.4 Å². The zero-order valence-electron chi connectivity index (χ0n) is 13.3. The van der Waals surface area contributed by atoms with Gasteiger partial charge in [-0.05, 0) is 12.1 Å². The lowest BCUT2D eigenvalue weighted by atomic mass is 10.3. The SMILES string of the molecule is C=CCN(CC(=O)N1CCN(c2ccccn2)CC1)S(C)(=O)=O. The molecule has 0 radical (unpaired) electrons. The number of aromatic nitrogens is 1. The summed E-state index contributed by atoms with van der Waals surface area (Å²) in [5.74, 6) is 0.710. The lowest BCUT2D eigenvalue weighted by Crippen LogP contribution is -2.52. The van der Waals surface area contributed by atoms with Crippen LogP contribution in [0.1, 0.15) is 0 Å². The van der Waals surface area contributed by atoms with E-state index < -0.39 is 10.0 Å². The number of anilines is 1. The summed E-state index contributed by atoms with van der Waals surface area (Å²) in [6.07, 6.45) is 4.32. The molecule has 2 rings (SSSR count). The lowest BCUT2D eigenvalue weighted by Gasteiger charge is -2.36. The van der Waals surface area contributed by atoms with Crippen LogP contribution in [0.5, 0.6) is 0 Å². The number of pyridine rings is 1. The lowest BCUT2D eigenvalue weighted by molar-refractivity contribution is -0.131. The Hall–Kier alpha value is -1.93. The van der Waals surface area contributed by atoms with Gasteiger partial charge in [0.25, 0.3) is 0 Å². The van der Waals surface area contributed by atoms with Gasteiger partial charge in [0.05, 0.1) is 12.8 Å². The van der Waals surface area contributed by atoms with Crippen molar-refractivity contribution >= 4 is 21.7 Å². The van der Waals surface area contributed by atoms with Gasteiger partial charge in [0.2, 0.25) is 15.9 Å². The zero-order valence-corrected chi connectivity index (χ0v) is 14.1. The van der Waals surface area contributed by atoms with Crippen molar-refractivity contribution in [3.8, 4) is 0 Å². The number of hydrogen-bond acceptors (Lipinski definition) is 5. The minimum atomic E-state index is -3.42. The highest BCUT2D eigenvalue weighted by molar-refractivity contribution is 7.88. The number of piperazine rings is 1. The molecule has 0 aromatic carbocycles. The van der Waals surface area contributed by atoms with E-state index >= 15 is 0 Å². The first-order valence-corrected chi connectivity index (χ1v) is 9.26. The monoisotopic (exact) mass is 338 g/mol. The predicted molar refractivity (Wildman–Crippen MR) is 89.6 cm³/mol. The summed E-state index contributed by atoms with van der Waals surface area (Å²) in [4.78, 5) is 20.4. The summed E-state index contributed by atoms with van der Waals surface area (Å²) in [6, 6.07) is 5.73. The molecule has 0 aliphatic carbocycles. The highest BCUT2D eigenvalue weighted by Gasteiger charge is 2.25. The molecule has 1 aromatic rings. The highest BCUT2D eigenvalue weighted by atomic mass is 32.2. The maximum Gasteiger partial charge on any atom is 0.238 e. The van der Waals surface area contributed by atoms with Crippen LogP contribution in [-0.4, -0.2) is 74.0 Å². The Balaban J connectivity index is 1.91. The molecule has 126 valence electrons. The standard InChI is InChI=1S/C15H22N4O3S/c1-3-8-19(23(2,21)22)13-15(20)18-11-9-17(10-12-18)14-6-4-5-7-16-14/h3-7H,1,8-13H2,2H3. The van der Waals surface area contributed by atoms with E-state index in [1.165, 1.54) is 6.08 Å². The molecule has 0 bridgehead atoms. The van der Waals surface area contributed by atoms with E-state index in [1.54, 1.807) is 11.1 Å². The number of carbonyl (C=O) groups is 1. The Morgan fingerprint density at radius 1 is 1.35 bits per heavy atom. The Labute approximate surface area is 137 Å². The molecule has 2 heterocycles. The van der Waals surface area contributed by atoms with Crippen molar-refractivity contribution in [2.75, 3.05) is 50.4 Å². The predicted octanol–water partition coefficient (Wildman–Crippen LogP) is 0.178. The third kappa shape index (κ3) is 4.77. The van der Waals surface area contributed by atoms with Crippen molar-refractivity contribution in [3.63, 3.8) is 0 Å². The van der Waals surface area contributed by atoms with Gasteiger partial charge in [-0.15, -0.1) is 6.58 Å². The maximum atomic E-state index is 12.3. The third-order valence-corrected chi connectivity index (χ3v) is 4.94. The van der Waals surface area contributed by atoms with Crippen LogP contribution >= 0.6 is 0 Å². The maximum absolute atomic E-state index is 12.3. The van der Waals surface area contributed by atoms with E-state index in [-0.39, 0.29) is 19.0 Å². The van der Waals surface area contributed by atoms with Crippen LogP contribution in [0.4, 0.5) is 5.82 Å². The highest BCUT2D eigenvalue weighted by Crippen LogP contribution is 2.13. The molecular formula is C15H22N4O3S. The van der Waals surface area contributed by atoms with Gasteiger partial charge in [-0.2, -0.15) is 4.31 Å². The largest absolute Gasteiger partial charge is 0.353 e. The van der Waals surface area contributed by atoms with Gasteiger partial charge in [0.1, 0.15) is 5.82 Å². The normalized spacial score (nSPS) is 15.7. The van der Waals surface area contributed by atoms with Crippen molar-refractivity contribution in [3.05, 3.63) is 37.1 Å². The van der Waals surface area contributed by atoms with E-state index in [2.05, 4.69) is 16.5 Å². The Kier molecular flexibility index (Phi) is 5.73. The van der Waals surface area contributed by atoms with Gasteiger partial charge in [-0.3, -0.25) is 4.79 Å². The Morgan fingerprint density at radius 3 is 2.57 bits per heavy atom. The molecule has 7 nitrogen and oxygen atoms in total. The van der Waals surface area contributed by atoms with Crippen molar-refractivity contribution in [1.29, 1.82) is 0 Å². The van der Waals surface area contributed by atoms with Gasteiger partial charge < -0.3 is 9.80 Å². The van der Waals surface area contributed by atoms with Crippen molar-refractivity contribution in [2.24, 2.45) is 0 Å². The summed E-state index contributed by atoms with van der Waals surface area (Å²) in [5.41, 5.74) is 0. The Morgan fingerprint density at radius 2 is 2.04 bits per heavy atom. The number of sulfonamides is 1. The minimum absolute atomic E-state index is 0.137. The van der Waals surface area contributed by atoms with Crippen LogP contribution in [-0.2, 0) is 14.8 Å². The molecule has 0 unspecified atom stereocenters. The molecule has 8 heteroatoms. The molecule has 1 aliphatic heterocycles. The van der Waals surface area contributed by atoms with Gasteiger partial charge >= 0.3 is 0 Å². The van der Waals surface area contributed by atoms with Crippen molar-refractivity contribution in [1.82, 2.24) is 14.2 Å². The van der Waals surface area contributed by atoms with E-state index in [4.69, 9.17) is 0 Å². The van der Waals surface area contributed by atoms with Gasteiger partial charge in [-0.25, -0.2) is 13.4 Å². The molecule has 1 fully saturated rings. The number of rotatable bonds is 6. The number of amides is 1. The summed E-state index contributed by atoms with van der Waals surface area (Å²) in [7, 11) is -3.42.